The van der Waals surface area contributed by atoms with Crippen LogP contribution in [-0.4, -0.2) is 20.2 Å². The molecule has 1 aromatic carbocycles. The van der Waals surface area contributed by atoms with Gasteiger partial charge in [0, 0.05) is 0 Å². The zero-order valence-electron chi connectivity index (χ0n) is 9.34. The molecule has 0 aliphatic heterocycles. The summed E-state index contributed by atoms with van der Waals surface area (Å²) < 4.78 is 9.42. The van der Waals surface area contributed by atoms with Crippen LogP contribution in [0.25, 0.3) is 6.08 Å². The maximum atomic E-state index is 11.1. The molecule has 84 valence electrons. The number of carbonyl (C=O) groups is 1. The molecule has 1 aromatic rings. The molecule has 0 aliphatic carbocycles. The fourth-order valence-corrected chi connectivity index (χ4v) is 1.13. The van der Waals surface area contributed by atoms with E-state index in [0.717, 1.165) is 5.56 Å². The Morgan fingerprint density at radius 3 is 2.38 bits per heavy atom. The van der Waals surface area contributed by atoms with Gasteiger partial charge in [-0.1, -0.05) is 42.5 Å². The molecule has 0 atom stereocenters. The number of ether oxygens (including phenoxy) is 2. The van der Waals surface area contributed by atoms with Crippen molar-refractivity contribution in [1.29, 1.82) is 0 Å². The molecule has 3 nitrogen and oxygen atoms in total. The maximum absolute atomic E-state index is 11.1. The quantitative estimate of drug-likeness (QED) is 0.337. The monoisotopic (exact) mass is 218 g/mol. The molecule has 0 amide bonds. The molecule has 1 rings (SSSR count). The third-order valence-corrected chi connectivity index (χ3v) is 1.94. The Bertz CT molecular complexity index is 391. The summed E-state index contributed by atoms with van der Waals surface area (Å²) in [5, 5.41) is 0. The van der Waals surface area contributed by atoms with Gasteiger partial charge in [0.15, 0.2) is 0 Å². The zero-order chi connectivity index (χ0) is 11.8. The van der Waals surface area contributed by atoms with Crippen molar-refractivity contribution in [2.45, 2.75) is 0 Å². The number of hydrogen-bond acceptors (Lipinski definition) is 3. The van der Waals surface area contributed by atoms with Crippen molar-refractivity contribution in [3.8, 4) is 0 Å². The number of methoxy groups -OCH3 is 2. The fourth-order valence-electron chi connectivity index (χ4n) is 1.13. The first-order chi connectivity index (χ1) is 7.77. The van der Waals surface area contributed by atoms with E-state index in [4.69, 9.17) is 4.74 Å². The predicted molar refractivity (Wildman–Crippen MR) is 62.6 cm³/mol. The number of carbonyl (C=O) groups excluding carboxylic acids is 1. The Balaban J connectivity index is 2.71. The van der Waals surface area contributed by atoms with Crippen LogP contribution in [0.15, 0.2) is 48.2 Å². The van der Waals surface area contributed by atoms with E-state index in [9.17, 15) is 4.79 Å². The van der Waals surface area contributed by atoms with Gasteiger partial charge in [0.25, 0.3) is 0 Å². The summed E-state index contributed by atoms with van der Waals surface area (Å²) in [6, 6.07) is 9.77. The minimum absolute atomic E-state index is 0.176. The molecule has 0 unspecified atom stereocenters. The lowest BCUT2D eigenvalue weighted by Gasteiger charge is -2.01. The first kappa shape index (κ1) is 12.0. The highest BCUT2D eigenvalue weighted by Crippen LogP contribution is 2.03. The first-order valence-electron chi connectivity index (χ1n) is 4.83. The normalized spacial score (nSPS) is 11.5. The summed E-state index contributed by atoms with van der Waals surface area (Å²) >= 11 is 0. The van der Waals surface area contributed by atoms with Gasteiger partial charge >= 0.3 is 5.97 Å². The Morgan fingerprint density at radius 1 is 1.12 bits per heavy atom. The highest BCUT2D eigenvalue weighted by Gasteiger charge is 2.06. The van der Waals surface area contributed by atoms with E-state index in [2.05, 4.69) is 4.74 Å². The van der Waals surface area contributed by atoms with Gasteiger partial charge < -0.3 is 9.47 Å². The number of esters is 1. The Morgan fingerprint density at radius 2 is 1.81 bits per heavy atom. The second-order valence-electron chi connectivity index (χ2n) is 3.00. The molecule has 16 heavy (non-hydrogen) atoms. The SMILES string of the molecule is COC(=O)C(=CC=Cc1ccccc1)OC. The van der Waals surface area contributed by atoms with Crippen LogP contribution in [0.5, 0.6) is 0 Å². The maximum Gasteiger partial charge on any atom is 0.373 e. The van der Waals surface area contributed by atoms with Crippen molar-refractivity contribution in [2.75, 3.05) is 14.2 Å². The number of rotatable bonds is 4. The van der Waals surface area contributed by atoms with E-state index in [1.54, 1.807) is 12.2 Å². The molecule has 0 aromatic heterocycles. The standard InChI is InChI=1S/C13H14O3/c1-15-12(13(14)16-2)10-6-9-11-7-4-3-5-8-11/h3-10H,1-2H3. The van der Waals surface area contributed by atoms with Gasteiger partial charge in [-0.05, 0) is 11.6 Å². The van der Waals surface area contributed by atoms with Gasteiger partial charge in [-0.15, -0.1) is 0 Å². The smallest absolute Gasteiger partial charge is 0.373 e. The second-order valence-corrected chi connectivity index (χ2v) is 3.00. The van der Waals surface area contributed by atoms with Crippen molar-refractivity contribution in [2.24, 2.45) is 0 Å². The minimum atomic E-state index is -0.486. The number of benzene rings is 1. The summed E-state index contributed by atoms with van der Waals surface area (Å²) in [4.78, 5) is 11.1. The van der Waals surface area contributed by atoms with Gasteiger partial charge in [0.1, 0.15) is 0 Å². The molecule has 3 heteroatoms. The van der Waals surface area contributed by atoms with Crippen LogP contribution >= 0.6 is 0 Å². The number of allylic oxidation sites excluding steroid dienone is 2. The highest BCUT2D eigenvalue weighted by atomic mass is 16.6. The van der Waals surface area contributed by atoms with E-state index in [1.807, 2.05) is 36.4 Å². The summed E-state index contributed by atoms with van der Waals surface area (Å²) in [5.41, 5.74) is 1.05. The van der Waals surface area contributed by atoms with Gasteiger partial charge in [-0.3, -0.25) is 0 Å². The van der Waals surface area contributed by atoms with Crippen molar-refractivity contribution < 1.29 is 14.3 Å². The van der Waals surface area contributed by atoms with E-state index >= 15 is 0 Å². The third kappa shape index (κ3) is 3.61. The molecule has 0 aliphatic rings. The highest BCUT2D eigenvalue weighted by molar-refractivity contribution is 5.86. The van der Waals surface area contributed by atoms with Gasteiger partial charge in [-0.25, -0.2) is 4.79 Å². The van der Waals surface area contributed by atoms with Crippen molar-refractivity contribution in [3.05, 3.63) is 53.8 Å². The average Bonchev–Trinajstić information content (AvgIpc) is 2.35. The van der Waals surface area contributed by atoms with E-state index in [-0.39, 0.29) is 5.76 Å². The van der Waals surface area contributed by atoms with Crippen LogP contribution in [0, 0.1) is 0 Å². The van der Waals surface area contributed by atoms with Crippen LogP contribution in [0.4, 0.5) is 0 Å². The van der Waals surface area contributed by atoms with Crippen LogP contribution < -0.4 is 0 Å². The lowest BCUT2D eigenvalue weighted by atomic mass is 10.2. The van der Waals surface area contributed by atoms with E-state index in [0.29, 0.717) is 0 Å². The zero-order valence-corrected chi connectivity index (χ0v) is 9.34. The van der Waals surface area contributed by atoms with Crippen LogP contribution in [0.1, 0.15) is 5.56 Å². The Labute approximate surface area is 95.0 Å². The van der Waals surface area contributed by atoms with Crippen molar-refractivity contribution in [1.82, 2.24) is 0 Å². The largest absolute Gasteiger partial charge is 0.490 e. The summed E-state index contributed by atoms with van der Waals surface area (Å²) in [6.45, 7) is 0. The molecule has 0 radical (unpaired) electrons. The summed E-state index contributed by atoms with van der Waals surface area (Å²) in [6.07, 6.45) is 5.19. The summed E-state index contributed by atoms with van der Waals surface area (Å²) in [7, 11) is 2.75. The molecule has 0 heterocycles. The summed E-state index contributed by atoms with van der Waals surface area (Å²) in [5.74, 6) is -0.310. The first-order valence-corrected chi connectivity index (χ1v) is 4.83. The molecule has 0 bridgehead atoms. The Hall–Kier alpha value is -2.03. The number of hydrogen-bond donors (Lipinski definition) is 0. The fraction of sp³-hybridized carbons (Fsp3) is 0.154. The predicted octanol–water partition coefficient (Wildman–Crippen LogP) is 2.40. The third-order valence-electron chi connectivity index (χ3n) is 1.94. The van der Waals surface area contributed by atoms with E-state index in [1.165, 1.54) is 14.2 Å². The molecule has 0 spiro atoms. The molecule has 0 fully saturated rings. The topological polar surface area (TPSA) is 35.5 Å². The molecular weight excluding hydrogens is 204 g/mol. The second kappa shape index (κ2) is 6.45. The van der Waals surface area contributed by atoms with Gasteiger partial charge in [-0.2, -0.15) is 0 Å². The van der Waals surface area contributed by atoms with E-state index < -0.39 is 5.97 Å². The van der Waals surface area contributed by atoms with Crippen molar-refractivity contribution >= 4 is 12.0 Å². The van der Waals surface area contributed by atoms with Crippen LogP contribution in [0.2, 0.25) is 0 Å². The Kier molecular flexibility index (Phi) is 4.86. The lowest BCUT2D eigenvalue weighted by Crippen LogP contribution is -2.05. The molecule has 0 saturated heterocycles. The van der Waals surface area contributed by atoms with Crippen LogP contribution in [-0.2, 0) is 14.3 Å². The molecular formula is C13H14O3. The lowest BCUT2D eigenvalue weighted by molar-refractivity contribution is -0.139. The minimum Gasteiger partial charge on any atom is -0.490 e. The van der Waals surface area contributed by atoms with Crippen LogP contribution in [0.3, 0.4) is 0 Å². The van der Waals surface area contributed by atoms with Gasteiger partial charge in [0.2, 0.25) is 5.76 Å². The van der Waals surface area contributed by atoms with Crippen molar-refractivity contribution in [3.63, 3.8) is 0 Å². The molecule has 0 saturated carbocycles. The molecule has 0 N–H and O–H groups in total. The van der Waals surface area contributed by atoms with Gasteiger partial charge in [0.05, 0.1) is 14.2 Å². The average molecular weight is 218 g/mol.